The molecule has 6 amide bonds. The number of aliphatic hydroxyl groups is 8. The normalized spacial score (nSPS) is 26.1. The number of carbonyl (C=O) groups is 8. The first-order valence-corrected chi connectivity index (χ1v) is 34.0. The molecule has 4 aromatic carbocycles. The van der Waals surface area contributed by atoms with Crippen LogP contribution in [0.3, 0.4) is 0 Å². The lowest BCUT2D eigenvalue weighted by atomic mass is 9.90. The zero-order valence-electron chi connectivity index (χ0n) is 59.3. The number of anilines is 2. The summed E-state index contributed by atoms with van der Waals surface area (Å²) in [5, 5.41) is 112. The van der Waals surface area contributed by atoms with Gasteiger partial charge < -0.3 is 124 Å². The van der Waals surface area contributed by atoms with Gasteiger partial charge in [0.05, 0.1) is 79.8 Å². The molecule has 106 heavy (non-hydrogen) atoms. The van der Waals surface area contributed by atoms with Crippen LogP contribution < -0.4 is 48.9 Å². The molecule has 0 radical (unpaired) electrons. The second-order valence-corrected chi connectivity index (χ2v) is 28.1. The number of unbranched alkanes of at least 4 members (excludes halogenated alkanes) is 2. The lowest BCUT2D eigenvalue weighted by Gasteiger charge is -2.38. The third kappa shape index (κ3) is 16.9. The van der Waals surface area contributed by atoms with Crippen molar-refractivity contribution < 1.29 is 142 Å². The maximum Gasteiger partial charge on any atom is 0.416 e. The first kappa shape index (κ1) is 78.9. The number of benzene rings is 4. The molecule has 4 aromatic rings. The van der Waals surface area contributed by atoms with E-state index in [4.69, 9.17) is 52.1 Å². The van der Waals surface area contributed by atoms with E-state index in [0.717, 1.165) is 9.80 Å². The van der Waals surface area contributed by atoms with E-state index >= 15 is 0 Å². The number of carbonyl (C=O) groups excluding carboxylic acids is 6. The van der Waals surface area contributed by atoms with Crippen LogP contribution in [0.1, 0.15) is 119 Å². The summed E-state index contributed by atoms with van der Waals surface area (Å²) in [6.45, 7) is 12.3. The molecule has 0 saturated carbocycles. The van der Waals surface area contributed by atoms with E-state index in [2.05, 4.69) is 17.2 Å². The fourth-order valence-corrected chi connectivity index (χ4v) is 13.2. The molecule has 14 atom stereocenters. The minimum absolute atomic E-state index is 0.00589. The molecule has 0 spiro atoms. The highest BCUT2D eigenvalue weighted by Gasteiger charge is 2.53. The Morgan fingerprint density at radius 3 is 1.49 bits per heavy atom. The molecule has 0 aliphatic carbocycles. The molecule has 35 nitrogen and oxygen atoms in total. The Morgan fingerprint density at radius 1 is 0.575 bits per heavy atom. The summed E-state index contributed by atoms with van der Waals surface area (Å²) >= 11 is 0. The first-order chi connectivity index (χ1) is 50.1. The van der Waals surface area contributed by atoms with Crippen molar-refractivity contribution in [2.24, 2.45) is 5.41 Å². The van der Waals surface area contributed by atoms with Gasteiger partial charge in [-0.15, -0.1) is 0 Å². The second kappa shape index (κ2) is 32.6. The minimum Gasteiger partial charge on any atom is -0.493 e. The molecule has 576 valence electrons. The van der Waals surface area contributed by atoms with Gasteiger partial charge in [0.2, 0.25) is 12.6 Å². The summed E-state index contributed by atoms with van der Waals surface area (Å²) in [6, 6.07) is 11.4. The van der Waals surface area contributed by atoms with Crippen LogP contribution in [0.2, 0.25) is 0 Å². The van der Waals surface area contributed by atoms with Crippen LogP contribution in [0.5, 0.6) is 34.5 Å². The first-order valence-electron chi connectivity index (χ1n) is 34.0. The molecule has 0 bridgehead atoms. The fraction of sp³-hybridized carbons (Fsp3) is 0.521. The zero-order chi connectivity index (χ0) is 77.1. The average molecular weight is 1490 g/mol. The quantitative estimate of drug-likeness (QED) is 0.0332. The Kier molecular flexibility index (Phi) is 24.3. The number of nitrogens with one attached hydrogen (secondary N) is 2. The number of amides is 6. The van der Waals surface area contributed by atoms with Gasteiger partial charge in [-0.05, 0) is 106 Å². The highest BCUT2D eigenvalue weighted by Crippen LogP contribution is 2.46. The Labute approximate surface area is 607 Å². The SMILES string of the molecule is C=C1C[C@H]2C(O)N(C(=O)OCc3ccc(O[C@@H]4O[C@H](C(=O)O)[C@@H](O)[C@H](O)[C@H]4O)c(C(=O)NCCOC)c3)c3cc(OCCCCCOc4cc5c(cc4OC)C(=O)N4CC(C)(C)C[C@H]4C(O)N5C(=O)OCc4ccc(O[C@@H]5O[C@H](C(=O)O)[C@@H](O)[C@H](O)[C@H]5O)c(C(=O)NC(C)(C)C)c4)c(OC)cc3C(=O)N2C1. The Balaban J connectivity index is 0.831. The number of hydrogen-bond donors (Lipinski definition) is 12. The summed E-state index contributed by atoms with van der Waals surface area (Å²) < 4.78 is 62.8. The lowest BCUT2D eigenvalue weighted by molar-refractivity contribution is -0.271. The molecular formula is C71H88N6O29. The molecule has 2 unspecified atom stereocenters. The van der Waals surface area contributed by atoms with Crippen LogP contribution >= 0.6 is 0 Å². The van der Waals surface area contributed by atoms with Crippen molar-refractivity contribution in [2.75, 3.05) is 70.6 Å². The van der Waals surface area contributed by atoms with E-state index in [9.17, 15) is 89.4 Å². The largest absolute Gasteiger partial charge is 0.493 e. The van der Waals surface area contributed by atoms with Crippen LogP contribution in [-0.2, 0) is 46.5 Å². The Morgan fingerprint density at radius 2 is 1.04 bits per heavy atom. The maximum absolute atomic E-state index is 14.7. The number of carboxylic acid groups (broad SMARTS) is 2. The standard InChI is InChI=1S/C71H88N6O29/c1-33-21-42-62(88)76(68(94)101-30-34-13-15-44(38(22-34)58(84)72-17-20-96-7)103-66-54(82)50(78)52(80)56(105-66)64(90)91)40-26-48(46(97-8)24-36(40)60(86)74(42)29-33)99-18-11-10-12-19-100-49-27-41-37(25-47(49)98-9)61(87)75-32-71(5,6)28-43(75)63(89)77(41)69(95)102-31-35-14-16-45(39(23-35)59(85)73-70(2,3)4)104-67-55(83)51(79)53(81)57(106-67)65(92)93/h13-16,22-27,42-43,50-57,62-63,66-67,78-83,88-89H,1,10-12,17-21,28-32H2,2-9H3,(H,72,84)(H,73,85)(H,90,91)(H,92,93)/t42-,43-,50-,51-,52-,53-,54+,55+,56-,57-,62?,63?,66+,67+/m0/s1. The van der Waals surface area contributed by atoms with Crippen molar-refractivity contribution in [3.8, 4) is 34.5 Å². The maximum atomic E-state index is 14.7. The van der Waals surface area contributed by atoms with Gasteiger partial charge in [-0.2, -0.15) is 0 Å². The van der Waals surface area contributed by atoms with Crippen molar-refractivity contribution >= 4 is 59.1 Å². The lowest BCUT2D eigenvalue weighted by Crippen LogP contribution is -2.61. The molecule has 35 heteroatoms. The van der Waals surface area contributed by atoms with Gasteiger partial charge >= 0.3 is 24.1 Å². The summed E-state index contributed by atoms with van der Waals surface area (Å²) in [5.41, 5.74) is -1.07. The van der Waals surface area contributed by atoms with Gasteiger partial charge in [0.1, 0.15) is 61.3 Å². The second-order valence-electron chi connectivity index (χ2n) is 28.1. The number of nitrogens with zero attached hydrogens (tertiary/aromatic N) is 4. The van der Waals surface area contributed by atoms with E-state index in [1.54, 1.807) is 20.8 Å². The molecule has 0 aromatic heterocycles. The van der Waals surface area contributed by atoms with Crippen molar-refractivity contribution in [3.05, 3.63) is 106 Å². The summed E-state index contributed by atoms with van der Waals surface area (Å²) in [5.74, 6) is -6.09. The zero-order valence-corrected chi connectivity index (χ0v) is 59.3. The van der Waals surface area contributed by atoms with Crippen LogP contribution in [0.15, 0.2) is 72.8 Å². The average Bonchev–Trinajstić information content (AvgIpc) is 1.58. The van der Waals surface area contributed by atoms with Crippen molar-refractivity contribution in [1.29, 1.82) is 0 Å². The molecule has 6 aliphatic rings. The molecule has 6 aliphatic heterocycles. The molecule has 6 heterocycles. The van der Waals surface area contributed by atoms with Crippen LogP contribution in [0.4, 0.5) is 21.0 Å². The van der Waals surface area contributed by atoms with Gasteiger partial charge in [0.15, 0.2) is 47.7 Å². The van der Waals surface area contributed by atoms with Gasteiger partial charge in [0.25, 0.3) is 23.6 Å². The van der Waals surface area contributed by atoms with Crippen LogP contribution in [-0.4, -0.2) is 261 Å². The number of aliphatic carboxylic acids is 2. The fourth-order valence-electron chi connectivity index (χ4n) is 13.2. The van der Waals surface area contributed by atoms with Gasteiger partial charge in [-0.1, -0.05) is 38.1 Å². The highest BCUT2D eigenvalue weighted by atomic mass is 16.7. The van der Waals surface area contributed by atoms with E-state index in [1.165, 1.54) is 91.8 Å². The third-order valence-electron chi connectivity index (χ3n) is 18.5. The minimum atomic E-state index is -2.03. The van der Waals surface area contributed by atoms with Gasteiger partial charge in [-0.25, -0.2) is 29.0 Å². The molecular weight excluding hydrogens is 1400 g/mol. The number of fused-ring (bicyclic) bond motifs is 4. The number of methoxy groups -OCH3 is 3. The molecule has 4 fully saturated rings. The Bertz CT molecular complexity index is 4000. The highest BCUT2D eigenvalue weighted by molar-refractivity contribution is 6.07. The monoisotopic (exact) mass is 1490 g/mol. The van der Waals surface area contributed by atoms with Crippen LogP contribution in [0, 0.1) is 5.41 Å². The van der Waals surface area contributed by atoms with Crippen molar-refractivity contribution in [1.82, 2.24) is 20.4 Å². The van der Waals surface area contributed by atoms with E-state index < -0.39 is 158 Å². The predicted octanol–water partition coefficient (Wildman–Crippen LogP) is 1.74. The van der Waals surface area contributed by atoms with E-state index in [1.807, 2.05) is 13.8 Å². The smallest absolute Gasteiger partial charge is 0.416 e. The summed E-state index contributed by atoms with van der Waals surface area (Å²) in [4.78, 5) is 114. The number of carboxylic acids is 2. The Hall–Kier alpha value is -9.66. The predicted molar refractivity (Wildman–Crippen MR) is 364 cm³/mol. The number of hydrogen-bond acceptors (Lipinski definition) is 27. The number of aliphatic hydroxyl groups excluding tert-OH is 8. The third-order valence-corrected chi connectivity index (χ3v) is 18.5. The van der Waals surface area contributed by atoms with Crippen LogP contribution in [0.25, 0.3) is 0 Å². The molecule has 12 N–H and O–H groups in total. The van der Waals surface area contributed by atoms with Gasteiger partial charge in [-0.3, -0.25) is 19.2 Å². The number of ether oxygens (including phenoxy) is 11. The van der Waals surface area contributed by atoms with Gasteiger partial charge in [0, 0.05) is 44.4 Å². The molecule has 4 saturated heterocycles. The van der Waals surface area contributed by atoms with Crippen molar-refractivity contribution in [3.63, 3.8) is 0 Å². The van der Waals surface area contributed by atoms with Crippen molar-refractivity contribution in [2.45, 2.75) is 171 Å². The summed E-state index contributed by atoms with van der Waals surface area (Å²) in [7, 11) is 4.11. The summed E-state index contributed by atoms with van der Waals surface area (Å²) in [6.07, 6.45) is -23.9. The number of rotatable bonds is 25. The topological polar surface area (TPSA) is 477 Å². The van der Waals surface area contributed by atoms with E-state index in [-0.39, 0.29) is 132 Å². The van der Waals surface area contributed by atoms with E-state index in [0.29, 0.717) is 24.8 Å². The molecule has 10 rings (SSSR count).